The van der Waals surface area contributed by atoms with Gasteiger partial charge in [-0.1, -0.05) is 18.2 Å². The summed E-state index contributed by atoms with van der Waals surface area (Å²) in [6, 6.07) is 7.61. The van der Waals surface area contributed by atoms with Gasteiger partial charge in [-0.05, 0) is 19.9 Å². The van der Waals surface area contributed by atoms with E-state index < -0.39 is 0 Å². The van der Waals surface area contributed by atoms with Gasteiger partial charge in [0.1, 0.15) is 5.75 Å². The highest BCUT2D eigenvalue weighted by molar-refractivity contribution is 5.80. The van der Waals surface area contributed by atoms with E-state index in [1.807, 2.05) is 43.0 Å². The lowest BCUT2D eigenvalue weighted by molar-refractivity contribution is -0.131. The Bertz CT molecular complexity index is 552. The van der Waals surface area contributed by atoms with Crippen LogP contribution in [0.2, 0.25) is 0 Å². The van der Waals surface area contributed by atoms with E-state index in [0.29, 0.717) is 32.6 Å². The van der Waals surface area contributed by atoms with Gasteiger partial charge in [0.15, 0.2) is 0 Å². The number of benzene rings is 1. The van der Waals surface area contributed by atoms with E-state index in [-0.39, 0.29) is 18.0 Å². The molecule has 6 nitrogen and oxygen atoms in total. The van der Waals surface area contributed by atoms with Gasteiger partial charge in [0, 0.05) is 37.8 Å². The molecule has 1 aromatic rings. The molecule has 0 unspecified atom stereocenters. The Hall–Kier alpha value is -2.24. The van der Waals surface area contributed by atoms with Gasteiger partial charge < -0.3 is 19.9 Å². The Morgan fingerprint density at radius 2 is 1.74 bits per heavy atom. The summed E-state index contributed by atoms with van der Waals surface area (Å²) >= 11 is 0. The molecule has 1 heterocycles. The molecule has 1 fully saturated rings. The summed E-state index contributed by atoms with van der Waals surface area (Å²) in [6.07, 6.45) is 0.322. The van der Waals surface area contributed by atoms with Crippen LogP contribution in [0, 0.1) is 0 Å². The number of nitrogens with zero attached hydrogens (tertiary/aromatic N) is 2. The summed E-state index contributed by atoms with van der Waals surface area (Å²) in [5.74, 6) is 0.800. The van der Waals surface area contributed by atoms with E-state index in [1.165, 1.54) is 0 Å². The quantitative estimate of drug-likeness (QED) is 0.915. The van der Waals surface area contributed by atoms with Crippen LogP contribution in [0.1, 0.15) is 19.4 Å². The van der Waals surface area contributed by atoms with Crippen molar-refractivity contribution in [2.75, 3.05) is 33.3 Å². The summed E-state index contributed by atoms with van der Waals surface area (Å²) in [4.78, 5) is 28.0. The van der Waals surface area contributed by atoms with E-state index >= 15 is 0 Å². The maximum atomic E-state index is 12.4. The van der Waals surface area contributed by atoms with Crippen molar-refractivity contribution in [1.82, 2.24) is 15.1 Å². The maximum Gasteiger partial charge on any atom is 0.317 e. The fourth-order valence-electron chi connectivity index (χ4n) is 2.62. The van der Waals surface area contributed by atoms with Crippen molar-refractivity contribution in [2.24, 2.45) is 0 Å². The summed E-state index contributed by atoms with van der Waals surface area (Å²) in [5.41, 5.74) is 0.889. The minimum atomic E-state index is -0.0585. The second-order valence-electron chi connectivity index (χ2n) is 5.96. The fraction of sp³-hybridized carbons (Fsp3) is 0.529. The predicted molar refractivity (Wildman–Crippen MR) is 88.5 cm³/mol. The first-order chi connectivity index (χ1) is 11.0. The predicted octanol–water partition coefficient (Wildman–Crippen LogP) is 1.50. The van der Waals surface area contributed by atoms with Crippen molar-refractivity contribution in [3.63, 3.8) is 0 Å². The first kappa shape index (κ1) is 17.1. The molecular formula is C17H25N3O3. The highest BCUT2D eigenvalue weighted by atomic mass is 16.5. The SMILES string of the molecule is COc1ccccc1CC(=O)N1CCN(C(=O)NC(C)C)CC1. The van der Waals surface area contributed by atoms with E-state index in [2.05, 4.69) is 5.32 Å². The Balaban J connectivity index is 1.87. The standard InChI is InChI=1S/C17H25N3O3/c1-13(2)18-17(22)20-10-8-19(9-11-20)16(21)12-14-6-4-5-7-15(14)23-3/h4-7,13H,8-12H2,1-3H3,(H,18,22). The average Bonchev–Trinajstić information content (AvgIpc) is 2.55. The van der Waals surface area contributed by atoms with Crippen molar-refractivity contribution in [3.05, 3.63) is 29.8 Å². The van der Waals surface area contributed by atoms with Crippen LogP contribution in [-0.2, 0) is 11.2 Å². The van der Waals surface area contributed by atoms with Crippen molar-refractivity contribution in [3.8, 4) is 5.75 Å². The smallest absolute Gasteiger partial charge is 0.317 e. The van der Waals surface area contributed by atoms with Gasteiger partial charge in [-0.2, -0.15) is 0 Å². The second kappa shape index (κ2) is 7.85. The molecule has 0 radical (unpaired) electrons. The first-order valence-corrected chi connectivity index (χ1v) is 7.96. The second-order valence-corrected chi connectivity index (χ2v) is 5.96. The molecule has 0 bridgehead atoms. The molecular weight excluding hydrogens is 294 g/mol. The molecule has 0 atom stereocenters. The number of piperazine rings is 1. The number of carbonyl (C=O) groups is 2. The molecule has 1 N–H and O–H groups in total. The van der Waals surface area contributed by atoms with Crippen molar-refractivity contribution in [1.29, 1.82) is 0 Å². The van der Waals surface area contributed by atoms with Gasteiger partial charge in [0.25, 0.3) is 0 Å². The van der Waals surface area contributed by atoms with Crippen LogP contribution < -0.4 is 10.1 Å². The molecule has 1 saturated heterocycles. The third kappa shape index (κ3) is 4.61. The Morgan fingerprint density at radius 1 is 1.13 bits per heavy atom. The number of urea groups is 1. The zero-order chi connectivity index (χ0) is 16.8. The Morgan fingerprint density at radius 3 is 2.35 bits per heavy atom. The number of amides is 3. The zero-order valence-corrected chi connectivity index (χ0v) is 14.0. The fourth-order valence-corrected chi connectivity index (χ4v) is 2.62. The lowest BCUT2D eigenvalue weighted by atomic mass is 10.1. The summed E-state index contributed by atoms with van der Waals surface area (Å²) in [6.45, 7) is 6.14. The topological polar surface area (TPSA) is 61.9 Å². The van der Waals surface area contributed by atoms with Gasteiger partial charge in [0.2, 0.25) is 5.91 Å². The molecule has 0 aromatic heterocycles. The molecule has 0 aliphatic carbocycles. The molecule has 1 aliphatic heterocycles. The minimum Gasteiger partial charge on any atom is -0.496 e. The van der Waals surface area contributed by atoms with E-state index in [1.54, 1.807) is 12.0 Å². The molecule has 126 valence electrons. The highest BCUT2D eigenvalue weighted by Gasteiger charge is 2.24. The summed E-state index contributed by atoms with van der Waals surface area (Å²) in [7, 11) is 1.61. The minimum absolute atomic E-state index is 0.0585. The molecule has 0 spiro atoms. The maximum absolute atomic E-state index is 12.4. The van der Waals surface area contributed by atoms with Gasteiger partial charge in [0.05, 0.1) is 13.5 Å². The van der Waals surface area contributed by atoms with Crippen molar-refractivity contribution < 1.29 is 14.3 Å². The molecule has 1 aromatic carbocycles. The van der Waals surface area contributed by atoms with Crippen LogP contribution in [-0.4, -0.2) is 61.1 Å². The van der Waals surface area contributed by atoms with Gasteiger partial charge in [-0.15, -0.1) is 0 Å². The average molecular weight is 319 g/mol. The number of nitrogens with one attached hydrogen (secondary N) is 1. The van der Waals surface area contributed by atoms with Gasteiger partial charge >= 0.3 is 6.03 Å². The van der Waals surface area contributed by atoms with Crippen LogP contribution in [0.25, 0.3) is 0 Å². The van der Waals surface area contributed by atoms with Gasteiger partial charge in [-0.25, -0.2) is 4.79 Å². The molecule has 23 heavy (non-hydrogen) atoms. The lowest BCUT2D eigenvalue weighted by Crippen LogP contribution is -2.54. The van der Waals surface area contributed by atoms with E-state index in [4.69, 9.17) is 4.74 Å². The number of hydrogen-bond acceptors (Lipinski definition) is 3. The molecule has 6 heteroatoms. The molecule has 3 amide bonds. The summed E-state index contributed by atoms with van der Waals surface area (Å²) in [5, 5.41) is 2.88. The number of ether oxygens (including phenoxy) is 1. The van der Waals surface area contributed by atoms with Crippen molar-refractivity contribution >= 4 is 11.9 Å². The molecule has 0 saturated carbocycles. The van der Waals surface area contributed by atoms with Crippen LogP contribution in [0.3, 0.4) is 0 Å². The van der Waals surface area contributed by atoms with Crippen LogP contribution >= 0.6 is 0 Å². The largest absolute Gasteiger partial charge is 0.496 e. The number of carbonyl (C=O) groups excluding carboxylic acids is 2. The van der Waals surface area contributed by atoms with Crippen LogP contribution in [0.5, 0.6) is 5.75 Å². The number of para-hydroxylation sites is 1. The van der Waals surface area contributed by atoms with Crippen molar-refractivity contribution in [2.45, 2.75) is 26.3 Å². The Labute approximate surface area is 137 Å². The lowest BCUT2D eigenvalue weighted by Gasteiger charge is -2.35. The third-order valence-corrected chi connectivity index (χ3v) is 3.87. The van der Waals surface area contributed by atoms with Crippen LogP contribution in [0.4, 0.5) is 4.79 Å². The monoisotopic (exact) mass is 319 g/mol. The third-order valence-electron chi connectivity index (χ3n) is 3.87. The number of rotatable bonds is 4. The normalized spacial score (nSPS) is 14.8. The molecule has 2 rings (SSSR count). The molecule has 1 aliphatic rings. The van der Waals surface area contributed by atoms with E-state index in [9.17, 15) is 9.59 Å². The zero-order valence-electron chi connectivity index (χ0n) is 14.0. The summed E-state index contributed by atoms with van der Waals surface area (Å²) < 4.78 is 5.29. The van der Waals surface area contributed by atoms with E-state index in [0.717, 1.165) is 11.3 Å². The van der Waals surface area contributed by atoms with Gasteiger partial charge in [-0.3, -0.25) is 4.79 Å². The number of methoxy groups -OCH3 is 1. The van der Waals surface area contributed by atoms with Crippen LogP contribution in [0.15, 0.2) is 24.3 Å². The number of hydrogen-bond donors (Lipinski definition) is 1. The Kier molecular flexibility index (Phi) is 5.84. The highest BCUT2D eigenvalue weighted by Crippen LogP contribution is 2.18. The first-order valence-electron chi connectivity index (χ1n) is 7.96.